The van der Waals surface area contributed by atoms with Gasteiger partial charge in [0, 0.05) is 29.2 Å². The number of hydrogen-bond acceptors (Lipinski definition) is 5. The first-order valence-corrected chi connectivity index (χ1v) is 8.35. The quantitative estimate of drug-likeness (QED) is 0.414. The van der Waals surface area contributed by atoms with Crippen LogP contribution < -0.4 is 10.6 Å². The minimum absolute atomic E-state index is 0.0287. The molecule has 6 atom stereocenters. The topological polar surface area (TPSA) is 105 Å². The SMILES string of the molecule is CC1C(C2CCCCN2C)C2NC(=O)C(=O)NC2CC1[N+](=O)[O-]. The fourth-order valence-electron chi connectivity index (χ4n) is 4.72. The highest BCUT2D eigenvalue weighted by atomic mass is 16.6. The fraction of sp³-hybridized carbons (Fsp3) is 0.867. The summed E-state index contributed by atoms with van der Waals surface area (Å²) in [6.45, 7) is 2.88. The van der Waals surface area contributed by atoms with E-state index in [2.05, 4.69) is 15.5 Å². The molecule has 3 rings (SSSR count). The highest BCUT2D eigenvalue weighted by Crippen LogP contribution is 2.39. The Morgan fingerprint density at radius 2 is 1.91 bits per heavy atom. The number of rotatable bonds is 2. The van der Waals surface area contributed by atoms with Crippen molar-refractivity contribution in [3.8, 4) is 0 Å². The predicted molar refractivity (Wildman–Crippen MR) is 82.2 cm³/mol. The standard InChI is InChI=1S/C15H24N4O4/c1-8-11(19(22)23)7-9-13(17-15(21)14(20)16-9)12(8)10-5-3-4-6-18(10)2/h8-13H,3-7H2,1-2H3,(H,16,20)(H,17,21). The molecule has 2 amide bonds. The minimum Gasteiger partial charge on any atom is -0.343 e. The molecule has 0 radical (unpaired) electrons. The Kier molecular flexibility index (Phi) is 4.27. The number of fused-ring (bicyclic) bond motifs is 1. The van der Waals surface area contributed by atoms with Gasteiger partial charge < -0.3 is 15.5 Å². The van der Waals surface area contributed by atoms with Crippen molar-refractivity contribution in [3.63, 3.8) is 0 Å². The number of amides is 2. The Labute approximate surface area is 135 Å². The number of carbonyl (C=O) groups excluding carboxylic acids is 2. The van der Waals surface area contributed by atoms with E-state index in [0.29, 0.717) is 0 Å². The van der Waals surface area contributed by atoms with Gasteiger partial charge in [0.15, 0.2) is 0 Å². The maximum Gasteiger partial charge on any atom is 0.309 e. The Morgan fingerprint density at radius 1 is 1.22 bits per heavy atom. The third-order valence-corrected chi connectivity index (χ3v) is 5.92. The molecule has 8 nitrogen and oxygen atoms in total. The molecule has 2 aliphatic heterocycles. The molecule has 1 saturated carbocycles. The number of likely N-dealkylation sites (tertiary alicyclic amines) is 1. The second kappa shape index (κ2) is 6.07. The van der Waals surface area contributed by atoms with Crippen LogP contribution in [0.4, 0.5) is 0 Å². The van der Waals surface area contributed by atoms with E-state index in [1.807, 2.05) is 14.0 Å². The summed E-state index contributed by atoms with van der Waals surface area (Å²) >= 11 is 0. The molecule has 8 heteroatoms. The third-order valence-electron chi connectivity index (χ3n) is 5.92. The van der Waals surface area contributed by atoms with Crippen molar-refractivity contribution < 1.29 is 14.5 Å². The van der Waals surface area contributed by atoms with E-state index in [1.165, 1.54) is 0 Å². The first-order valence-electron chi connectivity index (χ1n) is 8.35. The Balaban J connectivity index is 1.92. The van der Waals surface area contributed by atoms with Crippen LogP contribution in [0.1, 0.15) is 32.6 Å². The molecule has 3 fully saturated rings. The zero-order valence-electron chi connectivity index (χ0n) is 13.5. The summed E-state index contributed by atoms with van der Waals surface area (Å²) in [7, 11) is 2.05. The molecule has 0 bridgehead atoms. The largest absolute Gasteiger partial charge is 0.343 e. The maximum absolute atomic E-state index is 11.8. The summed E-state index contributed by atoms with van der Waals surface area (Å²) in [5, 5.41) is 17.0. The van der Waals surface area contributed by atoms with Gasteiger partial charge in [0.05, 0.1) is 12.1 Å². The van der Waals surface area contributed by atoms with Crippen LogP contribution in [0.5, 0.6) is 0 Å². The van der Waals surface area contributed by atoms with Crippen LogP contribution in [-0.4, -0.2) is 59.4 Å². The average Bonchev–Trinajstić information content (AvgIpc) is 2.50. The first kappa shape index (κ1) is 16.2. The van der Waals surface area contributed by atoms with Gasteiger partial charge >= 0.3 is 11.8 Å². The van der Waals surface area contributed by atoms with E-state index in [-0.39, 0.29) is 41.3 Å². The van der Waals surface area contributed by atoms with Gasteiger partial charge in [-0.3, -0.25) is 19.7 Å². The van der Waals surface area contributed by atoms with Gasteiger partial charge in [-0.15, -0.1) is 0 Å². The lowest BCUT2D eigenvalue weighted by molar-refractivity contribution is -0.538. The number of piperidine rings is 1. The number of hydrogen-bond donors (Lipinski definition) is 2. The van der Waals surface area contributed by atoms with E-state index in [4.69, 9.17) is 0 Å². The van der Waals surface area contributed by atoms with Crippen LogP contribution in [0, 0.1) is 22.0 Å². The van der Waals surface area contributed by atoms with Crippen LogP contribution in [0.2, 0.25) is 0 Å². The van der Waals surface area contributed by atoms with Crippen LogP contribution in [0.15, 0.2) is 0 Å². The molecule has 23 heavy (non-hydrogen) atoms. The van der Waals surface area contributed by atoms with Crippen LogP contribution in [0.25, 0.3) is 0 Å². The van der Waals surface area contributed by atoms with Crippen LogP contribution in [0.3, 0.4) is 0 Å². The molecule has 0 aromatic carbocycles. The number of nitrogens with zero attached hydrogens (tertiary/aromatic N) is 2. The highest BCUT2D eigenvalue weighted by Gasteiger charge is 2.54. The summed E-state index contributed by atoms with van der Waals surface area (Å²) in [5.41, 5.74) is 0. The van der Waals surface area contributed by atoms with Crippen molar-refractivity contribution in [3.05, 3.63) is 10.1 Å². The number of nitrogens with one attached hydrogen (secondary N) is 2. The van der Waals surface area contributed by atoms with Gasteiger partial charge in [0.25, 0.3) is 0 Å². The molecule has 0 aromatic heterocycles. The third kappa shape index (κ3) is 2.80. The molecular formula is C15H24N4O4. The van der Waals surface area contributed by atoms with Crippen molar-refractivity contribution in [1.29, 1.82) is 0 Å². The molecule has 128 valence electrons. The predicted octanol–water partition coefficient (Wildman–Crippen LogP) is -0.245. The molecule has 3 aliphatic rings. The van der Waals surface area contributed by atoms with Gasteiger partial charge in [0.1, 0.15) is 0 Å². The summed E-state index contributed by atoms with van der Waals surface area (Å²) in [6.07, 6.45) is 3.48. The van der Waals surface area contributed by atoms with Gasteiger partial charge in [-0.05, 0) is 26.4 Å². The van der Waals surface area contributed by atoms with Gasteiger partial charge in [-0.25, -0.2) is 0 Å². The van der Waals surface area contributed by atoms with Gasteiger partial charge in [-0.1, -0.05) is 13.3 Å². The van der Waals surface area contributed by atoms with Crippen molar-refractivity contribution in [1.82, 2.24) is 15.5 Å². The summed E-state index contributed by atoms with van der Waals surface area (Å²) in [6, 6.07) is -1.07. The Hall–Kier alpha value is -1.70. The Morgan fingerprint density at radius 3 is 2.57 bits per heavy atom. The number of piperazine rings is 1. The summed E-state index contributed by atoms with van der Waals surface area (Å²) in [4.78, 5) is 37.0. The highest BCUT2D eigenvalue weighted by molar-refractivity contribution is 6.35. The van der Waals surface area contributed by atoms with Gasteiger partial charge in [0.2, 0.25) is 6.04 Å². The van der Waals surface area contributed by atoms with Gasteiger partial charge in [-0.2, -0.15) is 0 Å². The molecular weight excluding hydrogens is 300 g/mol. The van der Waals surface area contributed by atoms with E-state index in [9.17, 15) is 19.7 Å². The monoisotopic (exact) mass is 324 g/mol. The van der Waals surface area contributed by atoms with E-state index in [1.54, 1.807) is 0 Å². The number of carbonyl (C=O) groups is 2. The van der Waals surface area contributed by atoms with Crippen molar-refractivity contribution in [2.75, 3.05) is 13.6 Å². The van der Waals surface area contributed by atoms with E-state index in [0.717, 1.165) is 25.8 Å². The minimum atomic E-state index is -0.688. The van der Waals surface area contributed by atoms with Crippen molar-refractivity contribution >= 4 is 11.8 Å². The zero-order valence-corrected chi connectivity index (χ0v) is 13.5. The molecule has 2 heterocycles. The zero-order chi connectivity index (χ0) is 16.7. The van der Waals surface area contributed by atoms with Crippen LogP contribution >= 0.6 is 0 Å². The maximum atomic E-state index is 11.8. The van der Waals surface area contributed by atoms with Crippen LogP contribution in [-0.2, 0) is 9.59 Å². The molecule has 2 saturated heterocycles. The summed E-state index contributed by atoms with van der Waals surface area (Å²) < 4.78 is 0. The number of nitro groups is 1. The lowest BCUT2D eigenvalue weighted by Crippen LogP contribution is -2.71. The lowest BCUT2D eigenvalue weighted by Gasteiger charge is -2.51. The Bertz CT molecular complexity index is 526. The smallest absolute Gasteiger partial charge is 0.309 e. The average molecular weight is 324 g/mol. The molecule has 1 aliphatic carbocycles. The molecule has 2 N–H and O–H groups in total. The second-order valence-corrected chi connectivity index (χ2v) is 7.15. The van der Waals surface area contributed by atoms with E-state index >= 15 is 0 Å². The molecule has 0 aromatic rings. The van der Waals surface area contributed by atoms with Crippen molar-refractivity contribution in [2.45, 2.75) is 56.8 Å². The fourth-order valence-corrected chi connectivity index (χ4v) is 4.72. The normalized spacial score (nSPS) is 41.7. The van der Waals surface area contributed by atoms with Crippen molar-refractivity contribution in [2.24, 2.45) is 11.8 Å². The molecule has 0 spiro atoms. The summed E-state index contributed by atoms with van der Waals surface area (Å²) in [5.74, 6) is -1.48. The first-order chi connectivity index (χ1) is 10.9. The molecule has 6 unspecified atom stereocenters. The lowest BCUT2D eigenvalue weighted by atomic mass is 9.66. The second-order valence-electron chi connectivity index (χ2n) is 7.15. The van der Waals surface area contributed by atoms with E-state index < -0.39 is 17.9 Å².